The summed E-state index contributed by atoms with van der Waals surface area (Å²) in [7, 11) is 1.30. The van der Waals surface area contributed by atoms with Crippen LogP contribution in [0.5, 0.6) is 0 Å². The molecule has 0 aromatic rings. The van der Waals surface area contributed by atoms with E-state index in [0.717, 1.165) is 0 Å². The highest BCUT2D eigenvalue weighted by Gasteiger charge is 2.39. The molecule has 8 nitrogen and oxygen atoms in total. The Labute approximate surface area is 149 Å². The quantitative estimate of drug-likeness (QED) is 0.614. The Kier molecular flexibility index (Phi) is 6.68. The molecule has 0 unspecified atom stereocenters. The van der Waals surface area contributed by atoms with Crippen LogP contribution in [0.3, 0.4) is 0 Å². The van der Waals surface area contributed by atoms with E-state index >= 15 is 0 Å². The van der Waals surface area contributed by atoms with Crippen LogP contribution in [0, 0.1) is 5.92 Å². The topological polar surface area (TPSA) is 94.2 Å². The van der Waals surface area contributed by atoms with Crippen LogP contribution in [0.25, 0.3) is 0 Å². The van der Waals surface area contributed by atoms with Crippen molar-refractivity contribution in [3.63, 3.8) is 0 Å². The van der Waals surface area contributed by atoms with Crippen LogP contribution in [-0.4, -0.2) is 60.5 Å². The van der Waals surface area contributed by atoms with E-state index < -0.39 is 35.4 Å². The number of alkyl carbamates (subject to hydrolysis) is 1. The molecule has 8 heteroatoms. The minimum atomic E-state index is -0.634. The van der Waals surface area contributed by atoms with Crippen molar-refractivity contribution >= 4 is 18.2 Å². The first-order valence-corrected chi connectivity index (χ1v) is 8.35. The van der Waals surface area contributed by atoms with Gasteiger partial charge >= 0.3 is 18.2 Å². The molecule has 0 saturated carbocycles. The molecule has 1 fully saturated rings. The number of hydrogen-bond donors (Lipinski definition) is 1. The number of nitrogens with zero attached hydrogens (tertiary/aromatic N) is 1. The minimum absolute atomic E-state index is 0.0935. The Morgan fingerprint density at radius 2 is 1.56 bits per heavy atom. The summed E-state index contributed by atoms with van der Waals surface area (Å²) in [5.74, 6) is -0.667. The molecular formula is C17H30N2O6. The lowest BCUT2D eigenvalue weighted by molar-refractivity contribution is -0.141. The van der Waals surface area contributed by atoms with Gasteiger partial charge in [0.15, 0.2) is 0 Å². The van der Waals surface area contributed by atoms with Gasteiger partial charge in [-0.1, -0.05) is 0 Å². The number of esters is 1. The maximum atomic E-state index is 12.3. The number of hydrogen-bond acceptors (Lipinski definition) is 6. The van der Waals surface area contributed by atoms with Crippen LogP contribution < -0.4 is 5.32 Å². The second-order valence-corrected chi connectivity index (χ2v) is 8.18. The second-order valence-electron chi connectivity index (χ2n) is 8.18. The third-order valence-corrected chi connectivity index (χ3v) is 3.45. The van der Waals surface area contributed by atoms with Crippen molar-refractivity contribution in [2.45, 2.75) is 65.2 Å². The first-order chi connectivity index (χ1) is 11.3. The molecule has 25 heavy (non-hydrogen) atoms. The molecule has 2 atom stereocenters. The molecule has 0 radical (unpaired) electrons. The van der Waals surface area contributed by atoms with E-state index in [2.05, 4.69) is 5.32 Å². The van der Waals surface area contributed by atoms with Gasteiger partial charge in [0.1, 0.15) is 11.2 Å². The summed E-state index contributed by atoms with van der Waals surface area (Å²) in [6.45, 7) is 11.2. The average Bonchev–Trinajstić information content (AvgIpc) is 2.77. The summed E-state index contributed by atoms with van der Waals surface area (Å²) in [5, 5.41) is 2.74. The Bertz CT molecular complexity index is 506. The number of rotatable bonds is 3. The number of amides is 2. The molecule has 144 valence electrons. The van der Waals surface area contributed by atoms with E-state index in [9.17, 15) is 14.4 Å². The van der Waals surface area contributed by atoms with Crippen molar-refractivity contribution in [1.82, 2.24) is 10.2 Å². The maximum absolute atomic E-state index is 12.3. The van der Waals surface area contributed by atoms with Crippen LogP contribution in [0.2, 0.25) is 0 Å². The van der Waals surface area contributed by atoms with Crippen LogP contribution >= 0.6 is 0 Å². The molecule has 1 rings (SSSR count). The molecule has 0 aromatic heterocycles. The molecule has 0 bridgehead atoms. The highest BCUT2D eigenvalue weighted by Crippen LogP contribution is 2.23. The number of likely N-dealkylation sites (tertiary alicyclic amines) is 1. The zero-order valence-electron chi connectivity index (χ0n) is 16.2. The lowest BCUT2D eigenvalue weighted by Gasteiger charge is -2.25. The first kappa shape index (κ1) is 21.1. The van der Waals surface area contributed by atoms with Crippen LogP contribution in [0.4, 0.5) is 9.59 Å². The number of carbonyl (C=O) groups is 3. The maximum Gasteiger partial charge on any atom is 0.410 e. The SMILES string of the molecule is COC(=O)C[C@@H]1CN(C(=O)OC(C)(C)C)C[C@H]1NC(=O)OC(C)(C)C. The normalized spacial score (nSPS) is 20.8. The fraction of sp³-hybridized carbons (Fsp3) is 0.824. The van der Waals surface area contributed by atoms with E-state index in [-0.39, 0.29) is 18.9 Å². The van der Waals surface area contributed by atoms with Gasteiger partial charge in [0.25, 0.3) is 0 Å². The molecule has 1 saturated heterocycles. The molecule has 1 heterocycles. The molecule has 1 aliphatic heterocycles. The number of methoxy groups -OCH3 is 1. The van der Waals surface area contributed by atoms with Gasteiger partial charge in [0.05, 0.1) is 19.6 Å². The Morgan fingerprint density at radius 3 is 2.04 bits per heavy atom. The van der Waals surface area contributed by atoms with Crippen molar-refractivity contribution in [2.24, 2.45) is 5.92 Å². The highest BCUT2D eigenvalue weighted by molar-refractivity contribution is 5.72. The predicted octanol–water partition coefficient (Wildman–Crippen LogP) is 2.31. The van der Waals surface area contributed by atoms with Crippen LogP contribution in [-0.2, 0) is 19.0 Å². The smallest absolute Gasteiger partial charge is 0.410 e. The number of ether oxygens (including phenoxy) is 3. The molecule has 1 aliphatic rings. The van der Waals surface area contributed by atoms with Gasteiger partial charge in [0.2, 0.25) is 0 Å². The molecule has 1 N–H and O–H groups in total. The van der Waals surface area contributed by atoms with E-state index in [0.29, 0.717) is 6.54 Å². The van der Waals surface area contributed by atoms with Gasteiger partial charge in [0, 0.05) is 19.0 Å². The first-order valence-electron chi connectivity index (χ1n) is 8.35. The Morgan fingerprint density at radius 1 is 1.00 bits per heavy atom. The van der Waals surface area contributed by atoms with Gasteiger partial charge in [-0.2, -0.15) is 0 Å². The summed E-state index contributed by atoms with van der Waals surface area (Å²) in [4.78, 5) is 37.4. The molecule has 0 spiro atoms. The van der Waals surface area contributed by atoms with Crippen LogP contribution in [0.1, 0.15) is 48.0 Å². The van der Waals surface area contributed by atoms with Crippen LogP contribution in [0.15, 0.2) is 0 Å². The summed E-state index contributed by atoms with van der Waals surface area (Å²) in [5.41, 5.74) is -1.25. The van der Waals surface area contributed by atoms with Crippen molar-refractivity contribution in [3.05, 3.63) is 0 Å². The van der Waals surface area contributed by atoms with Crippen molar-refractivity contribution in [1.29, 1.82) is 0 Å². The van der Waals surface area contributed by atoms with E-state index in [1.54, 1.807) is 41.5 Å². The molecule has 0 aromatic carbocycles. The fourth-order valence-corrected chi connectivity index (χ4v) is 2.47. The predicted molar refractivity (Wildman–Crippen MR) is 91.1 cm³/mol. The molecule has 0 aliphatic carbocycles. The van der Waals surface area contributed by atoms with Gasteiger partial charge in [-0.15, -0.1) is 0 Å². The Balaban J connectivity index is 2.78. The van der Waals surface area contributed by atoms with Gasteiger partial charge in [-0.3, -0.25) is 4.79 Å². The lowest BCUT2D eigenvalue weighted by atomic mass is 10.00. The monoisotopic (exact) mass is 358 g/mol. The molecular weight excluding hydrogens is 328 g/mol. The summed E-state index contributed by atoms with van der Waals surface area (Å²) < 4.78 is 15.3. The largest absolute Gasteiger partial charge is 0.469 e. The second kappa shape index (κ2) is 7.93. The lowest BCUT2D eigenvalue weighted by Crippen LogP contribution is -2.44. The highest BCUT2D eigenvalue weighted by atomic mass is 16.6. The minimum Gasteiger partial charge on any atom is -0.469 e. The third kappa shape index (κ3) is 7.62. The third-order valence-electron chi connectivity index (χ3n) is 3.45. The summed E-state index contributed by atoms with van der Waals surface area (Å²) >= 11 is 0. The Hall–Kier alpha value is -1.99. The molecule has 2 amide bonds. The van der Waals surface area contributed by atoms with Gasteiger partial charge in [-0.05, 0) is 41.5 Å². The zero-order valence-corrected chi connectivity index (χ0v) is 16.2. The van der Waals surface area contributed by atoms with E-state index in [4.69, 9.17) is 14.2 Å². The fourth-order valence-electron chi connectivity index (χ4n) is 2.47. The zero-order chi connectivity index (χ0) is 19.4. The van der Waals surface area contributed by atoms with E-state index in [1.165, 1.54) is 12.0 Å². The summed E-state index contributed by atoms with van der Waals surface area (Å²) in [6.07, 6.45) is -0.967. The van der Waals surface area contributed by atoms with Crippen molar-refractivity contribution in [3.8, 4) is 0 Å². The standard InChI is InChI=1S/C17H30N2O6/c1-16(2,3)24-14(21)18-12-10-19(15(22)25-17(4,5)6)9-11(12)8-13(20)23-7/h11-12H,8-10H2,1-7H3,(H,18,21)/t11-,12-/m1/s1. The van der Waals surface area contributed by atoms with Crippen molar-refractivity contribution < 1.29 is 28.6 Å². The summed E-state index contributed by atoms with van der Waals surface area (Å²) in [6, 6.07) is -0.415. The van der Waals surface area contributed by atoms with E-state index in [1.807, 2.05) is 0 Å². The average molecular weight is 358 g/mol. The van der Waals surface area contributed by atoms with Gasteiger partial charge < -0.3 is 24.4 Å². The number of nitrogens with one attached hydrogen (secondary N) is 1. The van der Waals surface area contributed by atoms with Crippen molar-refractivity contribution in [2.75, 3.05) is 20.2 Å². The number of carbonyl (C=O) groups excluding carboxylic acids is 3. The van der Waals surface area contributed by atoms with Gasteiger partial charge in [-0.25, -0.2) is 9.59 Å².